The number of rotatable bonds is 4. The van der Waals surface area contributed by atoms with Crippen LogP contribution in [-0.2, 0) is 14.3 Å². The third kappa shape index (κ3) is 2.79. The maximum atomic E-state index is 10.9. The molecule has 0 rings (SSSR count). The van der Waals surface area contributed by atoms with Crippen molar-refractivity contribution in [3.05, 3.63) is 0 Å². The number of carbonyl (C=O) groups is 1. The Morgan fingerprint density at radius 3 is 2.33 bits per heavy atom. The predicted octanol–water partition coefficient (Wildman–Crippen LogP) is 0.193. The molecule has 0 spiro atoms. The lowest BCUT2D eigenvalue weighted by molar-refractivity contribution is -0.159. The summed E-state index contributed by atoms with van der Waals surface area (Å²) in [6.07, 6.45) is -1.14. The topological polar surface area (TPSA) is 55.8 Å². The molecule has 1 N–H and O–H groups in total. The maximum absolute atomic E-state index is 10.9. The van der Waals surface area contributed by atoms with Gasteiger partial charge in [-0.25, -0.2) is 4.79 Å². The Morgan fingerprint density at radius 1 is 1.50 bits per heavy atom. The summed E-state index contributed by atoms with van der Waals surface area (Å²) in [6.45, 7) is 3.78. The summed E-state index contributed by atoms with van der Waals surface area (Å²) in [6, 6.07) is 0. The van der Waals surface area contributed by atoms with Gasteiger partial charge in [0.25, 0.3) is 0 Å². The van der Waals surface area contributed by atoms with Crippen LogP contribution in [0.1, 0.15) is 13.8 Å². The fraction of sp³-hybridized carbons (Fsp3) is 0.875. The normalized spacial score (nSPS) is 14.1. The maximum Gasteiger partial charge on any atom is 0.335 e. The van der Waals surface area contributed by atoms with Crippen molar-refractivity contribution in [1.29, 1.82) is 0 Å². The van der Waals surface area contributed by atoms with Gasteiger partial charge in [0.2, 0.25) is 0 Å². The van der Waals surface area contributed by atoms with Crippen LogP contribution in [0.4, 0.5) is 0 Å². The molecule has 1 atom stereocenters. The van der Waals surface area contributed by atoms with Gasteiger partial charge in [-0.05, 0) is 0 Å². The van der Waals surface area contributed by atoms with Crippen molar-refractivity contribution >= 4 is 5.97 Å². The highest BCUT2D eigenvalue weighted by atomic mass is 16.5. The zero-order valence-electron chi connectivity index (χ0n) is 7.96. The summed E-state index contributed by atoms with van der Waals surface area (Å²) in [5, 5.41) is 9.42. The molecule has 72 valence electrons. The summed E-state index contributed by atoms with van der Waals surface area (Å²) >= 11 is 0. The highest BCUT2D eigenvalue weighted by Crippen LogP contribution is 2.21. The molecule has 0 fully saturated rings. The van der Waals surface area contributed by atoms with Crippen LogP contribution in [0.25, 0.3) is 0 Å². The van der Waals surface area contributed by atoms with Gasteiger partial charge in [0.1, 0.15) is 0 Å². The second-order valence-electron chi connectivity index (χ2n) is 3.35. The molecule has 0 radical (unpaired) electrons. The summed E-state index contributed by atoms with van der Waals surface area (Å²) in [5.41, 5.74) is -0.609. The van der Waals surface area contributed by atoms with Gasteiger partial charge in [-0.2, -0.15) is 0 Å². The summed E-state index contributed by atoms with van der Waals surface area (Å²) in [7, 11) is 2.76. The van der Waals surface area contributed by atoms with Crippen molar-refractivity contribution < 1.29 is 19.4 Å². The Balaban J connectivity index is 4.23. The van der Waals surface area contributed by atoms with Crippen LogP contribution in [0.5, 0.6) is 0 Å². The standard InChI is InChI=1S/C8H16O4/c1-8(2,5-11-3)6(9)7(10)12-4/h6,9H,5H2,1-4H3. The average molecular weight is 176 g/mol. The van der Waals surface area contributed by atoms with Crippen molar-refractivity contribution in [3.63, 3.8) is 0 Å². The van der Waals surface area contributed by atoms with Crippen LogP contribution in [0.15, 0.2) is 0 Å². The average Bonchev–Trinajstić information content (AvgIpc) is 2.01. The Bertz CT molecular complexity index is 153. The number of carbonyl (C=O) groups excluding carboxylic acids is 1. The second-order valence-corrected chi connectivity index (χ2v) is 3.35. The number of esters is 1. The number of ether oxygens (including phenoxy) is 2. The third-order valence-corrected chi connectivity index (χ3v) is 1.68. The molecule has 0 aromatic carbocycles. The number of hydrogen-bond acceptors (Lipinski definition) is 4. The van der Waals surface area contributed by atoms with E-state index < -0.39 is 17.5 Å². The van der Waals surface area contributed by atoms with Crippen molar-refractivity contribution in [2.24, 2.45) is 5.41 Å². The van der Waals surface area contributed by atoms with E-state index in [0.29, 0.717) is 6.61 Å². The van der Waals surface area contributed by atoms with Crippen LogP contribution in [0, 0.1) is 5.41 Å². The Hall–Kier alpha value is -0.610. The quantitative estimate of drug-likeness (QED) is 0.621. The van der Waals surface area contributed by atoms with E-state index in [1.807, 2.05) is 0 Å². The van der Waals surface area contributed by atoms with E-state index in [9.17, 15) is 9.90 Å². The lowest BCUT2D eigenvalue weighted by Crippen LogP contribution is -2.40. The number of hydrogen-bond donors (Lipinski definition) is 1. The zero-order valence-corrected chi connectivity index (χ0v) is 7.96. The highest BCUT2D eigenvalue weighted by Gasteiger charge is 2.34. The minimum absolute atomic E-state index is 0.309. The Kier molecular flexibility index (Phi) is 4.20. The molecule has 1 unspecified atom stereocenters. The highest BCUT2D eigenvalue weighted by molar-refractivity contribution is 5.75. The predicted molar refractivity (Wildman–Crippen MR) is 43.7 cm³/mol. The molecule has 0 aliphatic heterocycles. The van der Waals surface area contributed by atoms with Gasteiger partial charge >= 0.3 is 5.97 Å². The molecule has 0 saturated heterocycles. The first-order valence-electron chi connectivity index (χ1n) is 3.70. The molecule has 0 aliphatic rings. The Morgan fingerprint density at radius 2 is 2.00 bits per heavy atom. The van der Waals surface area contributed by atoms with Gasteiger partial charge in [-0.1, -0.05) is 13.8 Å². The van der Waals surface area contributed by atoms with Gasteiger partial charge < -0.3 is 14.6 Å². The molecule has 0 saturated carbocycles. The largest absolute Gasteiger partial charge is 0.467 e. The minimum atomic E-state index is -1.14. The number of aliphatic hydroxyl groups excluding tert-OH is 1. The van der Waals surface area contributed by atoms with E-state index >= 15 is 0 Å². The molecule has 0 amide bonds. The van der Waals surface area contributed by atoms with Crippen LogP contribution in [0.2, 0.25) is 0 Å². The lowest BCUT2D eigenvalue weighted by Gasteiger charge is -2.27. The zero-order chi connectivity index (χ0) is 9.78. The molecule has 0 aliphatic carbocycles. The van der Waals surface area contributed by atoms with E-state index in [1.54, 1.807) is 13.8 Å². The Labute approximate surface area is 72.5 Å². The first kappa shape index (κ1) is 11.4. The van der Waals surface area contributed by atoms with Crippen LogP contribution in [-0.4, -0.2) is 38.0 Å². The van der Waals surface area contributed by atoms with E-state index in [0.717, 1.165) is 0 Å². The molecule has 0 bridgehead atoms. The monoisotopic (exact) mass is 176 g/mol. The van der Waals surface area contributed by atoms with Crippen molar-refractivity contribution in [1.82, 2.24) is 0 Å². The fourth-order valence-corrected chi connectivity index (χ4v) is 0.882. The summed E-state index contributed by atoms with van der Waals surface area (Å²) in [5.74, 6) is -0.628. The van der Waals surface area contributed by atoms with E-state index in [-0.39, 0.29) is 0 Å². The molecule has 12 heavy (non-hydrogen) atoms. The molecule has 0 aromatic rings. The van der Waals surface area contributed by atoms with Gasteiger partial charge in [0.05, 0.1) is 13.7 Å². The van der Waals surface area contributed by atoms with E-state index in [2.05, 4.69) is 4.74 Å². The molecule has 0 heterocycles. The van der Waals surface area contributed by atoms with Gasteiger partial charge in [-0.15, -0.1) is 0 Å². The van der Waals surface area contributed by atoms with Crippen LogP contribution in [0.3, 0.4) is 0 Å². The third-order valence-electron chi connectivity index (χ3n) is 1.68. The SMILES string of the molecule is COCC(C)(C)C(O)C(=O)OC. The molecule has 4 nitrogen and oxygen atoms in total. The van der Waals surface area contributed by atoms with Gasteiger partial charge in [0.15, 0.2) is 6.10 Å². The second kappa shape index (κ2) is 4.42. The number of aliphatic hydroxyl groups is 1. The van der Waals surface area contributed by atoms with Gasteiger partial charge in [-0.3, -0.25) is 0 Å². The lowest BCUT2D eigenvalue weighted by atomic mass is 9.87. The summed E-state index contributed by atoms with van der Waals surface area (Å²) in [4.78, 5) is 10.9. The fourth-order valence-electron chi connectivity index (χ4n) is 0.882. The molecular formula is C8H16O4. The number of methoxy groups -OCH3 is 2. The smallest absolute Gasteiger partial charge is 0.335 e. The van der Waals surface area contributed by atoms with Crippen molar-refractivity contribution in [2.45, 2.75) is 20.0 Å². The first-order chi connectivity index (χ1) is 5.45. The van der Waals surface area contributed by atoms with E-state index in [4.69, 9.17) is 4.74 Å². The van der Waals surface area contributed by atoms with Crippen molar-refractivity contribution in [2.75, 3.05) is 20.8 Å². The first-order valence-corrected chi connectivity index (χ1v) is 3.70. The minimum Gasteiger partial charge on any atom is -0.467 e. The molecule has 4 heteroatoms. The summed E-state index contributed by atoms with van der Waals surface area (Å²) < 4.78 is 9.25. The van der Waals surface area contributed by atoms with Crippen LogP contribution < -0.4 is 0 Å². The van der Waals surface area contributed by atoms with Crippen molar-refractivity contribution in [3.8, 4) is 0 Å². The molecular weight excluding hydrogens is 160 g/mol. The van der Waals surface area contributed by atoms with Crippen LogP contribution >= 0.6 is 0 Å². The van der Waals surface area contributed by atoms with Gasteiger partial charge in [0, 0.05) is 12.5 Å². The molecule has 0 aromatic heterocycles. The van der Waals surface area contributed by atoms with E-state index in [1.165, 1.54) is 14.2 Å².